The van der Waals surface area contributed by atoms with Gasteiger partial charge in [0, 0.05) is 17.6 Å². The lowest BCUT2D eigenvalue weighted by molar-refractivity contribution is -0.130. The molecule has 1 aromatic heterocycles. The largest absolute Gasteiger partial charge is 0.496 e. The highest BCUT2D eigenvalue weighted by atomic mass is 32.1. The van der Waals surface area contributed by atoms with Gasteiger partial charge in [0.2, 0.25) is 0 Å². The second-order valence-corrected chi connectivity index (χ2v) is 9.76. The zero-order valence-electron chi connectivity index (χ0n) is 22.0. The van der Waals surface area contributed by atoms with Gasteiger partial charge in [-0.25, -0.2) is 4.79 Å². The highest BCUT2D eigenvalue weighted by Gasteiger charge is 2.25. The van der Waals surface area contributed by atoms with Crippen molar-refractivity contribution in [1.82, 2.24) is 8.75 Å². The number of aromatic nitrogens is 2. The van der Waals surface area contributed by atoms with Crippen LogP contribution in [0.4, 0.5) is 0 Å². The van der Waals surface area contributed by atoms with Crippen LogP contribution in [0.3, 0.4) is 0 Å². The molecule has 5 aromatic rings. The lowest BCUT2D eigenvalue weighted by atomic mass is 9.89. The number of aryl methyl sites for hydroxylation is 1. The number of carbonyl (C=O) groups excluding carboxylic acids is 1. The number of carbonyl (C=O) groups is 2. The van der Waals surface area contributed by atoms with E-state index in [2.05, 4.69) is 8.75 Å². The third kappa shape index (κ3) is 5.92. The topological polar surface area (TPSA) is 98.6 Å². The van der Waals surface area contributed by atoms with E-state index in [4.69, 9.17) is 9.47 Å². The summed E-state index contributed by atoms with van der Waals surface area (Å²) in [7, 11) is 1.59. The van der Waals surface area contributed by atoms with Crippen LogP contribution < -0.4 is 9.47 Å². The molecule has 0 radical (unpaired) electrons. The number of nitrogens with zero attached hydrogens (tertiary/aromatic N) is 2. The van der Waals surface area contributed by atoms with E-state index in [1.807, 2.05) is 55.5 Å². The van der Waals surface area contributed by atoms with Crippen molar-refractivity contribution in [2.45, 2.75) is 20.0 Å². The molecule has 0 aliphatic carbocycles. The molecule has 0 saturated heterocycles. The van der Waals surface area contributed by atoms with Gasteiger partial charge in [0.1, 0.15) is 29.1 Å². The van der Waals surface area contributed by atoms with Crippen LogP contribution in [0.25, 0.3) is 16.6 Å². The second kappa shape index (κ2) is 11.9. The number of methoxy groups -OCH3 is 1. The minimum absolute atomic E-state index is 0.0715. The molecule has 1 N–H and O–H groups in total. The van der Waals surface area contributed by atoms with Crippen molar-refractivity contribution in [3.63, 3.8) is 0 Å². The summed E-state index contributed by atoms with van der Waals surface area (Å²) in [5.74, 6) is -0.251. The first-order valence-electron chi connectivity index (χ1n) is 12.6. The fourth-order valence-corrected chi connectivity index (χ4v) is 5.04. The number of aliphatic carboxylic acids is 1. The second-order valence-electron chi connectivity index (χ2n) is 9.23. The number of Topliss-reactive ketones (excluding diaryl/α,β-unsaturated/α-hetero) is 1. The van der Waals surface area contributed by atoms with Gasteiger partial charge in [0.25, 0.3) is 0 Å². The van der Waals surface area contributed by atoms with Gasteiger partial charge in [-0.15, -0.1) is 0 Å². The average molecular weight is 551 g/mol. The standard InChI is InChI=1S/C32H26N2O5S/c1-20-16-22(8-15-29(20)38-2)17-26(30(32(36)37)24-11-14-27-28(18-24)34-40-33-27)31(35)23-9-12-25(13-10-23)39-19-21-6-4-3-5-7-21/h3-16,18H,17,19H2,1-2H3,(H,36,37)/b30-26+. The van der Waals surface area contributed by atoms with Crippen LogP contribution >= 0.6 is 11.7 Å². The van der Waals surface area contributed by atoms with Gasteiger partial charge < -0.3 is 14.6 Å². The van der Waals surface area contributed by atoms with Gasteiger partial charge in [0.15, 0.2) is 5.78 Å². The number of hydrogen-bond donors (Lipinski definition) is 1. The Balaban J connectivity index is 1.53. The third-order valence-corrected chi connectivity index (χ3v) is 7.09. The minimum atomic E-state index is -1.20. The van der Waals surface area contributed by atoms with E-state index in [9.17, 15) is 14.7 Å². The number of allylic oxidation sites excluding steroid dienone is 1. The number of ether oxygens (including phenoxy) is 2. The molecule has 0 unspecified atom stereocenters. The van der Waals surface area contributed by atoms with Crippen molar-refractivity contribution >= 4 is 40.1 Å². The predicted octanol–water partition coefficient (Wildman–Crippen LogP) is 6.55. The third-order valence-electron chi connectivity index (χ3n) is 6.54. The average Bonchev–Trinajstić information content (AvgIpc) is 3.44. The van der Waals surface area contributed by atoms with Crippen molar-refractivity contribution < 1.29 is 24.2 Å². The van der Waals surface area contributed by atoms with Gasteiger partial charge >= 0.3 is 5.97 Å². The number of benzene rings is 4. The van der Waals surface area contributed by atoms with Crippen molar-refractivity contribution in [1.29, 1.82) is 0 Å². The molecule has 0 atom stereocenters. The number of rotatable bonds is 10. The van der Waals surface area contributed by atoms with Crippen LogP contribution in [-0.4, -0.2) is 32.7 Å². The molecular formula is C32H26N2O5S. The van der Waals surface area contributed by atoms with E-state index in [1.165, 1.54) is 0 Å². The number of carboxylic acid groups (broad SMARTS) is 1. The van der Waals surface area contributed by atoms with Crippen LogP contribution in [0, 0.1) is 6.92 Å². The molecule has 0 bridgehead atoms. The summed E-state index contributed by atoms with van der Waals surface area (Å²) in [5.41, 5.74) is 4.80. The Morgan fingerprint density at radius 1 is 0.825 bits per heavy atom. The molecule has 40 heavy (non-hydrogen) atoms. The maximum Gasteiger partial charge on any atom is 0.336 e. The first-order valence-corrected chi connectivity index (χ1v) is 13.3. The van der Waals surface area contributed by atoms with Gasteiger partial charge in [-0.05, 0) is 71.6 Å². The quantitative estimate of drug-likeness (QED) is 0.155. The predicted molar refractivity (Wildman–Crippen MR) is 155 cm³/mol. The van der Waals surface area contributed by atoms with Gasteiger partial charge in [-0.2, -0.15) is 8.75 Å². The van der Waals surface area contributed by atoms with Crippen molar-refractivity contribution in [2.75, 3.05) is 7.11 Å². The zero-order valence-corrected chi connectivity index (χ0v) is 22.8. The first kappa shape index (κ1) is 26.8. The van der Waals surface area contributed by atoms with Gasteiger partial charge in [0.05, 0.1) is 24.4 Å². The van der Waals surface area contributed by atoms with Crippen LogP contribution in [0.2, 0.25) is 0 Å². The van der Waals surface area contributed by atoms with E-state index in [1.54, 1.807) is 49.6 Å². The monoisotopic (exact) mass is 550 g/mol. The van der Waals surface area contributed by atoms with Crippen molar-refractivity contribution in [3.8, 4) is 11.5 Å². The summed E-state index contributed by atoms with van der Waals surface area (Å²) in [6.45, 7) is 2.30. The normalized spacial score (nSPS) is 11.7. The number of ketones is 1. The van der Waals surface area contributed by atoms with Crippen LogP contribution in [0.15, 0.2) is 96.6 Å². The fourth-order valence-electron chi connectivity index (χ4n) is 4.52. The van der Waals surface area contributed by atoms with Crippen LogP contribution in [0.5, 0.6) is 11.5 Å². The van der Waals surface area contributed by atoms with Crippen LogP contribution in [0.1, 0.15) is 32.6 Å². The van der Waals surface area contributed by atoms with E-state index in [0.29, 0.717) is 40.3 Å². The van der Waals surface area contributed by atoms with E-state index in [0.717, 1.165) is 28.4 Å². The molecule has 200 valence electrons. The lowest BCUT2D eigenvalue weighted by Crippen LogP contribution is -2.14. The molecule has 0 aliphatic rings. The zero-order chi connectivity index (χ0) is 28.1. The van der Waals surface area contributed by atoms with E-state index in [-0.39, 0.29) is 23.4 Å². The first-order chi connectivity index (χ1) is 19.4. The maximum absolute atomic E-state index is 14.0. The molecular weight excluding hydrogens is 524 g/mol. The maximum atomic E-state index is 14.0. The van der Waals surface area contributed by atoms with Crippen LogP contribution in [-0.2, 0) is 17.8 Å². The Bertz CT molecular complexity index is 1710. The molecule has 7 nitrogen and oxygen atoms in total. The molecule has 8 heteroatoms. The molecule has 4 aromatic carbocycles. The van der Waals surface area contributed by atoms with Crippen molar-refractivity contribution in [3.05, 3.63) is 124 Å². The molecule has 0 amide bonds. The summed E-state index contributed by atoms with van der Waals surface area (Å²) in [4.78, 5) is 26.7. The van der Waals surface area contributed by atoms with Gasteiger partial charge in [-0.1, -0.05) is 48.5 Å². The van der Waals surface area contributed by atoms with E-state index < -0.39 is 5.97 Å². The summed E-state index contributed by atoms with van der Waals surface area (Å²) < 4.78 is 19.7. The Labute approximate surface area is 235 Å². The number of fused-ring (bicyclic) bond motifs is 1. The van der Waals surface area contributed by atoms with Gasteiger partial charge in [-0.3, -0.25) is 4.79 Å². The lowest BCUT2D eigenvalue weighted by Gasteiger charge is -2.15. The Hall–Kier alpha value is -4.82. The summed E-state index contributed by atoms with van der Waals surface area (Å²) in [5, 5.41) is 10.4. The molecule has 0 aliphatic heterocycles. The molecule has 0 saturated carbocycles. The smallest absolute Gasteiger partial charge is 0.336 e. The summed E-state index contributed by atoms with van der Waals surface area (Å²) in [6.07, 6.45) is 0.116. The van der Waals surface area contributed by atoms with E-state index >= 15 is 0 Å². The Kier molecular flexibility index (Phi) is 7.98. The minimum Gasteiger partial charge on any atom is -0.496 e. The highest BCUT2D eigenvalue weighted by Crippen LogP contribution is 2.29. The molecule has 1 heterocycles. The molecule has 5 rings (SSSR count). The highest BCUT2D eigenvalue weighted by molar-refractivity contribution is 7.00. The molecule has 0 fully saturated rings. The SMILES string of the molecule is COc1ccc(C/C(C(=O)c2ccc(OCc3ccccc3)cc2)=C(\C(=O)O)c2ccc3nsnc3c2)cc1C. The number of carboxylic acids is 1. The summed E-state index contributed by atoms with van der Waals surface area (Å²) in [6, 6.07) is 27.2. The fraction of sp³-hybridized carbons (Fsp3) is 0.125. The Morgan fingerprint density at radius 3 is 2.25 bits per heavy atom. The number of hydrogen-bond acceptors (Lipinski definition) is 7. The Morgan fingerprint density at radius 2 is 1.55 bits per heavy atom. The summed E-state index contributed by atoms with van der Waals surface area (Å²) >= 11 is 1.05. The molecule has 0 spiro atoms. The van der Waals surface area contributed by atoms with Crippen molar-refractivity contribution in [2.24, 2.45) is 0 Å².